The predicted octanol–water partition coefficient (Wildman–Crippen LogP) is 1.05. The van der Waals surface area contributed by atoms with Crippen LogP contribution in [0.15, 0.2) is 0 Å². The summed E-state index contributed by atoms with van der Waals surface area (Å²) >= 11 is 0. The molecule has 0 amide bonds. The zero-order chi connectivity index (χ0) is 13.2. The summed E-state index contributed by atoms with van der Waals surface area (Å²) < 4.78 is 5.30. The fourth-order valence-corrected chi connectivity index (χ4v) is 2.32. The molecule has 5 heteroatoms. The van der Waals surface area contributed by atoms with E-state index < -0.39 is 0 Å². The molecule has 0 spiro atoms. The molecule has 1 heterocycles. The van der Waals surface area contributed by atoms with Crippen molar-refractivity contribution in [3.63, 3.8) is 0 Å². The summed E-state index contributed by atoms with van der Waals surface area (Å²) in [6, 6.07) is 0. The fraction of sp³-hybridized carbons (Fsp3) is 1.00. The van der Waals surface area contributed by atoms with E-state index in [1.54, 1.807) is 0 Å². The molecule has 0 aromatic heterocycles. The summed E-state index contributed by atoms with van der Waals surface area (Å²) in [5.74, 6) is 0.829. The molecule has 0 atom stereocenters. The zero-order valence-electron chi connectivity index (χ0n) is 12.5. The number of rotatable bonds is 9. The van der Waals surface area contributed by atoms with E-state index >= 15 is 0 Å². The first kappa shape index (κ1) is 19.5. The number of hydrogen-bond acceptors (Lipinski definition) is 4. The van der Waals surface area contributed by atoms with Crippen molar-refractivity contribution in [2.45, 2.75) is 26.7 Å². The van der Waals surface area contributed by atoms with Gasteiger partial charge in [0.1, 0.15) is 0 Å². The van der Waals surface area contributed by atoms with Gasteiger partial charge in [-0.3, -0.25) is 4.90 Å². The van der Waals surface area contributed by atoms with Gasteiger partial charge in [0.05, 0.1) is 19.8 Å². The van der Waals surface area contributed by atoms with Crippen molar-refractivity contribution in [3.05, 3.63) is 0 Å². The average molecular weight is 442 g/mol. The van der Waals surface area contributed by atoms with E-state index in [1.165, 1.54) is 32.5 Å². The molecular weight excluding hydrogens is 412 g/mol. The van der Waals surface area contributed by atoms with Crippen LogP contribution < -0.4 is 0 Å². The van der Waals surface area contributed by atoms with E-state index in [4.69, 9.17) is 9.84 Å². The molecule has 0 bridgehead atoms. The van der Waals surface area contributed by atoms with Crippen LogP contribution in [0.3, 0.4) is 0 Å². The van der Waals surface area contributed by atoms with Gasteiger partial charge in [0.15, 0.2) is 0 Å². The normalized spacial score (nSPS) is 17.7. The summed E-state index contributed by atoms with van der Waals surface area (Å²) in [6.45, 7) is 12.9. The Kier molecular flexibility index (Phi) is 12.6. The van der Waals surface area contributed by atoms with Gasteiger partial charge in [0, 0.05) is 53.8 Å². The Labute approximate surface area is 132 Å². The van der Waals surface area contributed by atoms with Gasteiger partial charge in [-0.2, -0.15) is 0 Å². The van der Waals surface area contributed by atoms with E-state index in [9.17, 15) is 0 Å². The molecule has 0 aliphatic carbocycles. The Balaban J connectivity index is 0.00000324. The van der Waals surface area contributed by atoms with E-state index in [0.29, 0.717) is 6.61 Å². The summed E-state index contributed by atoms with van der Waals surface area (Å²) in [5, 5.41) is 8.61. The van der Waals surface area contributed by atoms with Gasteiger partial charge in [-0.15, -0.1) is 0 Å². The van der Waals surface area contributed by atoms with Crippen LogP contribution in [0, 0.1) is 5.92 Å². The summed E-state index contributed by atoms with van der Waals surface area (Å²) in [6.07, 6.45) is 2.67. The van der Waals surface area contributed by atoms with E-state index in [1.807, 2.05) is 0 Å². The minimum absolute atomic E-state index is 0. The van der Waals surface area contributed by atoms with Crippen molar-refractivity contribution < 1.29 is 30.9 Å². The summed E-state index contributed by atoms with van der Waals surface area (Å²) in [7, 11) is 0. The Bertz CT molecular complexity index is 198. The van der Waals surface area contributed by atoms with E-state index in [2.05, 4.69) is 23.6 Å². The summed E-state index contributed by atoms with van der Waals surface area (Å²) in [4.78, 5) is 5.03. The van der Waals surface area contributed by atoms with Crippen LogP contribution in [-0.4, -0.2) is 74.0 Å². The van der Waals surface area contributed by atoms with E-state index in [0.717, 1.165) is 32.2 Å². The molecule has 0 aromatic carbocycles. The molecule has 4 nitrogen and oxygen atoms in total. The third-order valence-electron chi connectivity index (χ3n) is 3.51. The van der Waals surface area contributed by atoms with Crippen LogP contribution >= 0.6 is 0 Å². The van der Waals surface area contributed by atoms with Gasteiger partial charge in [-0.25, -0.2) is 0 Å². The second kappa shape index (κ2) is 12.3. The van der Waals surface area contributed by atoms with Gasteiger partial charge >= 0.3 is 0 Å². The fourth-order valence-electron chi connectivity index (χ4n) is 2.32. The van der Waals surface area contributed by atoms with Gasteiger partial charge in [-0.1, -0.05) is 13.8 Å². The van der Waals surface area contributed by atoms with Crippen LogP contribution in [-0.2, 0) is 25.8 Å². The predicted molar refractivity (Wildman–Crippen MR) is 74.9 cm³/mol. The maximum absolute atomic E-state index is 8.61. The standard InChI is InChI=1S/C14H30N2O2.W/c1-14(2)4-3-5-15-6-8-16(9-7-15)10-12-18-13-11-17;/h14,17H,3-13H2,1-2H3;. The first-order valence-corrected chi connectivity index (χ1v) is 7.35. The van der Waals surface area contributed by atoms with Crippen molar-refractivity contribution in [2.75, 3.05) is 59.1 Å². The SMILES string of the molecule is CC(C)CCCN1CCN(CCOCCO)CC1.[W]. The molecule has 0 aromatic rings. The third kappa shape index (κ3) is 9.97. The first-order chi connectivity index (χ1) is 8.72. The molecule has 1 N–H and O–H groups in total. The smallest absolute Gasteiger partial charge is 0.0698 e. The molecule has 0 unspecified atom stereocenters. The third-order valence-corrected chi connectivity index (χ3v) is 3.51. The molecule has 1 saturated heterocycles. The first-order valence-electron chi connectivity index (χ1n) is 7.35. The monoisotopic (exact) mass is 442 g/mol. The van der Waals surface area contributed by atoms with Crippen molar-refractivity contribution >= 4 is 0 Å². The molecule has 0 saturated carbocycles. The van der Waals surface area contributed by atoms with Gasteiger partial charge in [0.2, 0.25) is 0 Å². The minimum Gasteiger partial charge on any atom is -0.394 e. The van der Waals surface area contributed by atoms with Crippen molar-refractivity contribution in [2.24, 2.45) is 5.92 Å². The number of nitrogens with zero attached hydrogens (tertiary/aromatic N) is 2. The Morgan fingerprint density at radius 1 is 1.00 bits per heavy atom. The second-order valence-corrected chi connectivity index (χ2v) is 5.56. The maximum atomic E-state index is 8.61. The Hall–Kier alpha value is 0.528. The Morgan fingerprint density at radius 3 is 2.11 bits per heavy atom. The van der Waals surface area contributed by atoms with Crippen molar-refractivity contribution in [1.82, 2.24) is 9.80 Å². The van der Waals surface area contributed by atoms with Gasteiger partial charge < -0.3 is 14.7 Å². The number of ether oxygens (including phenoxy) is 1. The number of aliphatic hydroxyl groups excluding tert-OH is 1. The van der Waals surface area contributed by atoms with Crippen LogP contribution in [0.4, 0.5) is 0 Å². The van der Waals surface area contributed by atoms with Crippen molar-refractivity contribution in [1.29, 1.82) is 0 Å². The average Bonchev–Trinajstić information content (AvgIpc) is 2.36. The molecule has 19 heavy (non-hydrogen) atoms. The van der Waals surface area contributed by atoms with Gasteiger partial charge in [0.25, 0.3) is 0 Å². The van der Waals surface area contributed by atoms with Crippen LogP contribution in [0.5, 0.6) is 0 Å². The molecular formula is C14H30N2O2W. The number of hydrogen-bond donors (Lipinski definition) is 1. The largest absolute Gasteiger partial charge is 0.394 e. The van der Waals surface area contributed by atoms with Crippen molar-refractivity contribution in [3.8, 4) is 0 Å². The number of aliphatic hydroxyl groups is 1. The quantitative estimate of drug-likeness (QED) is 0.542. The second-order valence-electron chi connectivity index (χ2n) is 5.56. The zero-order valence-corrected chi connectivity index (χ0v) is 15.4. The molecule has 1 rings (SSSR count). The molecule has 0 radical (unpaired) electrons. The molecule has 1 fully saturated rings. The minimum atomic E-state index is 0. The van der Waals surface area contributed by atoms with Crippen LogP contribution in [0.2, 0.25) is 0 Å². The van der Waals surface area contributed by atoms with Crippen LogP contribution in [0.1, 0.15) is 26.7 Å². The topological polar surface area (TPSA) is 35.9 Å². The van der Waals surface area contributed by atoms with Gasteiger partial charge in [-0.05, 0) is 25.3 Å². The molecule has 1 aliphatic heterocycles. The maximum Gasteiger partial charge on any atom is 0.0698 e. The Morgan fingerprint density at radius 2 is 1.58 bits per heavy atom. The number of piperazine rings is 1. The molecule has 114 valence electrons. The summed E-state index contributed by atoms with van der Waals surface area (Å²) in [5.41, 5.74) is 0. The van der Waals surface area contributed by atoms with E-state index in [-0.39, 0.29) is 27.7 Å². The molecule has 1 aliphatic rings. The van der Waals surface area contributed by atoms with Crippen LogP contribution in [0.25, 0.3) is 0 Å².